The zero-order chi connectivity index (χ0) is 14.6. The minimum absolute atomic E-state index is 0.926. The molecule has 0 aromatic heterocycles. The van der Waals surface area contributed by atoms with Crippen molar-refractivity contribution in [2.75, 3.05) is 0 Å². The predicted molar refractivity (Wildman–Crippen MR) is 91.8 cm³/mol. The summed E-state index contributed by atoms with van der Waals surface area (Å²) in [6, 6.07) is 0. The molecule has 1 heteroatoms. The lowest BCUT2D eigenvalue weighted by Crippen LogP contribution is -2.41. The van der Waals surface area contributed by atoms with Gasteiger partial charge in [0.2, 0.25) is 0 Å². The highest BCUT2D eigenvalue weighted by Gasteiger charge is 2.42. The van der Waals surface area contributed by atoms with Crippen LogP contribution in [-0.4, -0.2) is 10.2 Å². The lowest BCUT2D eigenvalue weighted by atomic mass is 9.59. The van der Waals surface area contributed by atoms with Crippen molar-refractivity contribution in [2.24, 2.45) is 35.5 Å². The molecule has 114 valence electrons. The van der Waals surface area contributed by atoms with E-state index in [-0.39, 0.29) is 0 Å². The number of rotatable bonds is 6. The fraction of sp³-hybridized carbons (Fsp3) is 1.00. The van der Waals surface area contributed by atoms with Gasteiger partial charge >= 0.3 is 0 Å². The Labute approximate surface area is 125 Å². The van der Waals surface area contributed by atoms with Gasteiger partial charge in [0.25, 0.3) is 0 Å². The smallest absolute Gasteiger partial charge is 0.00710 e. The second kappa shape index (κ2) is 7.86. The molecule has 7 unspecified atom stereocenters. The monoisotopic (exact) mass is 282 g/mol. The molecule has 1 saturated carbocycles. The Morgan fingerprint density at radius 1 is 0.789 bits per heavy atom. The SMILES string of the molecule is CCC(C)C1CCC([SiH3])C(C(C)CC)C1C(C)CC. The predicted octanol–water partition coefficient (Wildman–Crippen LogP) is 4.92. The van der Waals surface area contributed by atoms with Crippen molar-refractivity contribution in [3.8, 4) is 0 Å². The fourth-order valence-corrected chi connectivity index (χ4v) is 6.19. The third-order valence-corrected chi connectivity index (χ3v) is 7.88. The van der Waals surface area contributed by atoms with E-state index in [4.69, 9.17) is 0 Å². The summed E-state index contributed by atoms with van der Waals surface area (Å²) in [5.41, 5.74) is 1.08. The van der Waals surface area contributed by atoms with Gasteiger partial charge in [-0.25, -0.2) is 0 Å². The van der Waals surface area contributed by atoms with Crippen LogP contribution in [-0.2, 0) is 0 Å². The van der Waals surface area contributed by atoms with Gasteiger partial charge in [-0.1, -0.05) is 72.8 Å². The van der Waals surface area contributed by atoms with E-state index in [1.54, 1.807) is 0 Å². The van der Waals surface area contributed by atoms with Crippen LogP contribution in [0.15, 0.2) is 0 Å². The molecule has 0 nitrogen and oxygen atoms in total. The first-order chi connectivity index (χ1) is 8.97. The fourth-order valence-electron chi connectivity index (χ4n) is 4.76. The van der Waals surface area contributed by atoms with Gasteiger partial charge in [0, 0.05) is 10.2 Å². The second-order valence-corrected chi connectivity index (χ2v) is 9.01. The Kier molecular flexibility index (Phi) is 7.14. The first-order valence-electron chi connectivity index (χ1n) is 8.97. The van der Waals surface area contributed by atoms with E-state index in [1.807, 2.05) is 0 Å². The molecule has 0 aliphatic heterocycles. The van der Waals surface area contributed by atoms with Crippen molar-refractivity contribution < 1.29 is 0 Å². The Balaban J connectivity index is 3.01. The Morgan fingerprint density at radius 2 is 1.26 bits per heavy atom. The van der Waals surface area contributed by atoms with E-state index in [9.17, 15) is 0 Å². The highest BCUT2D eigenvalue weighted by Crippen LogP contribution is 2.51. The molecule has 0 aromatic carbocycles. The van der Waals surface area contributed by atoms with E-state index in [2.05, 4.69) is 41.5 Å². The van der Waals surface area contributed by atoms with E-state index in [0.29, 0.717) is 0 Å². The molecule has 19 heavy (non-hydrogen) atoms. The van der Waals surface area contributed by atoms with Gasteiger partial charge in [0.1, 0.15) is 0 Å². The molecular formula is C18H38Si. The summed E-state index contributed by atoms with van der Waals surface area (Å²) in [7, 11) is 1.41. The molecule has 0 heterocycles. The summed E-state index contributed by atoms with van der Waals surface area (Å²) in [6.45, 7) is 14.8. The normalized spacial score (nSPS) is 36.9. The van der Waals surface area contributed by atoms with Crippen molar-refractivity contribution in [2.45, 2.75) is 79.2 Å². The summed E-state index contributed by atoms with van der Waals surface area (Å²) >= 11 is 0. The summed E-state index contributed by atoms with van der Waals surface area (Å²) in [5.74, 6) is 5.83. The van der Waals surface area contributed by atoms with Gasteiger partial charge in [-0.05, 0) is 41.9 Å². The Bertz CT molecular complexity index is 246. The summed E-state index contributed by atoms with van der Waals surface area (Å²) < 4.78 is 0. The van der Waals surface area contributed by atoms with Gasteiger partial charge < -0.3 is 0 Å². The molecule has 1 aliphatic rings. The maximum absolute atomic E-state index is 2.54. The van der Waals surface area contributed by atoms with Crippen LogP contribution in [0.25, 0.3) is 0 Å². The van der Waals surface area contributed by atoms with E-state index >= 15 is 0 Å². The third kappa shape index (κ3) is 3.86. The molecule has 0 bridgehead atoms. The van der Waals surface area contributed by atoms with Crippen LogP contribution in [0.5, 0.6) is 0 Å². The van der Waals surface area contributed by atoms with Gasteiger partial charge in [0.05, 0.1) is 0 Å². The molecule has 0 N–H and O–H groups in total. The van der Waals surface area contributed by atoms with Crippen LogP contribution in [0.4, 0.5) is 0 Å². The highest BCUT2D eigenvalue weighted by molar-refractivity contribution is 6.11. The first-order valence-corrected chi connectivity index (χ1v) is 10.1. The molecule has 1 rings (SSSR count). The average Bonchev–Trinajstić information content (AvgIpc) is 2.44. The lowest BCUT2D eigenvalue weighted by molar-refractivity contribution is 0.0306. The van der Waals surface area contributed by atoms with Crippen LogP contribution in [0.2, 0.25) is 5.54 Å². The maximum atomic E-state index is 2.54. The van der Waals surface area contributed by atoms with Gasteiger partial charge in [-0.2, -0.15) is 0 Å². The average molecular weight is 283 g/mol. The largest absolute Gasteiger partial charge is 0.0651 e. The van der Waals surface area contributed by atoms with Gasteiger partial charge in [0.15, 0.2) is 0 Å². The van der Waals surface area contributed by atoms with Crippen molar-refractivity contribution in [1.29, 1.82) is 0 Å². The van der Waals surface area contributed by atoms with Crippen molar-refractivity contribution >= 4 is 10.2 Å². The molecule has 0 amide bonds. The van der Waals surface area contributed by atoms with Crippen molar-refractivity contribution in [1.82, 2.24) is 0 Å². The second-order valence-electron chi connectivity index (χ2n) is 7.53. The van der Waals surface area contributed by atoms with Crippen LogP contribution in [0, 0.1) is 35.5 Å². The molecule has 7 atom stereocenters. The zero-order valence-electron chi connectivity index (χ0n) is 14.6. The highest BCUT2D eigenvalue weighted by atomic mass is 28.1. The number of hydrogen-bond acceptors (Lipinski definition) is 0. The van der Waals surface area contributed by atoms with Crippen LogP contribution < -0.4 is 0 Å². The lowest BCUT2D eigenvalue weighted by Gasteiger charge is -2.49. The molecule has 0 aromatic rings. The third-order valence-electron chi connectivity index (χ3n) is 6.53. The van der Waals surface area contributed by atoms with Crippen LogP contribution in [0.1, 0.15) is 73.6 Å². The van der Waals surface area contributed by atoms with E-state index < -0.39 is 0 Å². The van der Waals surface area contributed by atoms with Gasteiger partial charge in [-0.3, -0.25) is 0 Å². The van der Waals surface area contributed by atoms with E-state index in [0.717, 1.165) is 41.0 Å². The van der Waals surface area contributed by atoms with Crippen LogP contribution >= 0.6 is 0 Å². The molecule has 0 saturated heterocycles. The number of hydrogen-bond donors (Lipinski definition) is 0. The molecular weight excluding hydrogens is 244 g/mol. The summed E-state index contributed by atoms with van der Waals surface area (Å²) in [6.07, 6.45) is 7.17. The zero-order valence-corrected chi connectivity index (χ0v) is 16.6. The summed E-state index contributed by atoms with van der Waals surface area (Å²) in [4.78, 5) is 0. The standard InChI is InChI=1S/C18H38Si/c1-7-12(4)15-10-11-16(19)18(14(6)9-3)17(15)13(5)8-2/h12-18H,7-11H2,1-6,19H3. The van der Waals surface area contributed by atoms with E-state index in [1.165, 1.54) is 42.3 Å². The minimum Gasteiger partial charge on any atom is -0.0651 e. The summed E-state index contributed by atoms with van der Waals surface area (Å²) in [5, 5.41) is 0. The molecule has 1 aliphatic carbocycles. The molecule has 0 radical (unpaired) electrons. The topological polar surface area (TPSA) is 0 Å². The quantitative estimate of drug-likeness (QED) is 0.607. The Hall–Kier alpha value is 0.217. The van der Waals surface area contributed by atoms with Crippen molar-refractivity contribution in [3.05, 3.63) is 0 Å². The maximum Gasteiger partial charge on any atom is 0.00710 e. The molecule has 0 spiro atoms. The molecule has 1 fully saturated rings. The minimum atomic E-state index is 0.926. The van der Waals surface area contributed by atoms with Crippen molar-refractivity contribution in [3.63, 3.8) is 0 Å². The Morgan fingerprint density at radius 3 is 1.74 bits per heavy atom. The van der Waals surface area contributed by atoms with Crippen LogP contribution in [0.3, 0.4) is 0 Å². The van der Waals surface area contributed by atoms with Gasteiger partial charge in [-0.15, -0.1) is 0 Å². The first kappa shape index (κ1) is 17.3.